The highest BCUT2D eigenvalue weighted by Crippen LogP contribution is 2.31. The highest BCUT2D eigenvalue weighted by molar-refractivity contribution is 5.26. The van der Waals surface area contributed by atoms with E-state index >= 15 is 0 Å². The smallest absolute Gasteiger partial charge is 0.389 e. The van der Waals surface area contributed by atoms with Crippen LogP contribution in [0.15, 0.2) is 18.2 Å². The summed E-state index contributed by atoms with van der Waals surface area (Å²) in [6.07, 6.45) is -1.26. The minimum atomic E-state index is -4.56. The third kappa shape index (κ3) is 3.93. The Hall–Kier alpha value is -1.14. The molecule has 20 heavy (non-hydrogen) atoms. The number of nitrogens with one attached hydrogen (secondary N) is 1. The van der Waals surface area contributed by atoms with E-state index in [1.165, 1.54) is 0 Å². The monoisotopic (exact) mass is 291 g/mol. The zero-order valence-electron chi connectivity index (χ0n) is 10.9. The molecule has 0 spiro atoms. The Morgan fingerprint density at radius 2 is 1.80 bits per heavy atom. The number of benzene rings is 1. The van der Waals surface area contributed by atoms with Gasteiger partial charge in [-0.2, -0.15) is 13.2 Å². The first-order valence-electron chi connectivity index (χ1n) is 6.58. The highest BCUT2D eigenvalue weighted by atomic mass is 19.4. The van der Waals surface area contributed by atoms with Gasteiger partial charge in [0.15, 0.2) is 0 Å². The third-order valence-electron chi connectivity index (χ3n) is 3.60. The summed E-state index contributed by atoms with van der Waals surface area (Å²) >= 11 is 0. The molecule has 0 heterocycles. The van der Waals surface area contributed by atoms with Crippen LogP contribution >= 0.6 is 0 Å². The Morgan fingerprint density at radius 3 is 2.40 bits per heavy atom. The molecular weight excluding hydrogens is 274 g/mol. The molecule has 2 rings (SSSR count). The van der Waals surface area contributed by atoms with Crippen LogP contribution < -0.4 is 5.32 Å². The van der Waals surface area contributed by atoms with Gasteiger partial charge in [-0.25, -0.2) is 4.39 Å². The molecule has 0 atom stereocenters. The minimum Gasteiger partial charge on any atom is -0.389 e. The predicted octanol–water partition coefficient (Wildman–Crippen LogP) is 3.24. The number of rotatable bonds is 4. The van der Waals surface area contributed by atoms with E-state index in [2.05, 4.69) is 5.32 Å². The van der Waals surface area contributed by atoms with E-state index in [0.29, 0.717) is 25.5 Å². The van der Waals surface area contributed by atoms with Crippen LogP contribution in [0.25, 0.3) is 0 Å². The van der Waals surface area contributed by atoms with Gasteiger partial charge in [-0.3, -0.25) is 0 Å². The van der Waals surface area contributed by atoms with Crippen LogP contribution in [0, 0.1) is 5.82 Å². The first kappa shape index (κ1) is 15.3. The number of aliphatic hydroxyl groups is 1. The largest absolute Gasteiger partial charge is 0.416 e. The van der Waals surface area contributed by atoms with E-state index < -0.39 is 23.2 Å². The van der Waals surface area contributed by atoms with Crippen LogP contribution in [0.3, 0.4) is 0 Å². The van der Waals surface area contributed by atoms with Crippen molar-refractivity contribution in [3.8, 4) is 0 Å². The summed E-state index contributed by atoms with van der Waals surface area (Å²) in [4.78, 5) is 0. The molecule has 1 aromatic rings. The second-order valence-corrected chi connectivity index (χ2v) is 5.38. The number of hydrogen-bond acceptors (Lipinski definition) is 2. The van der Waals surface area contributed by atoms with Crippen molar-refractivity contribution in [1.82, 2.24) is 5.32 Å². The van der Waals surface area contributed by atoms with Gasteiger partial charge < -0.3 is 10.4 Å². The topological polar surface area (TPSA) is 32.3 Å². The molecule has 0 aliphatic heterocycles. The summed E-state index contributed by atoms with van der Waals surface area (Å²) in [5.74, 6) is -0.906. The fourth-order valence-electron chi connectivity index (χ4n) is 2.57. The first-order valence-corrected chi connectivity index (χ1v) is 6.58. The Kier molecular flexibility index (Phi) is 4.34. The lowest BCUT2D eigenvalue weighted by Crippen LogP contribution is -2.37. The lowest BCUT2D eigenvalue weighted by atomic mass is 10.0. The molecule has 1 saturated carbocycles. The van der Waals surface area contributed by atoms with Crippen molar-refractivity contribution in [2.24, 2.45) is 0 Å². The van der Waals surface area contributed by atoms with Crippen molar-refractivity contribution in [3.05, 3.63) is 35.1 Å². The zero-order chi connectivity index (χ0) is 14.8. The molecule has 1 aliphatic carbocycles. The van der Waals surface area contributed by atoms with Crippen molar-refractivity contribution < 1.29 is 22.7 Å². The average molecular weight is 291 g/mol. The first-order chi connectivity index (χ1) is 9.28. The van der Waals surface area contributed by atoms with E-state index in [1.807, 2.05) is 0 Å². The third-order valence-corrected chi connectivity index (χ3v) is 3.60. The van der Waals surface area contributed by atoms with Crippen LogP contribution in [-0.4, -0.2) is 17.3 Å². The number of hydrogen-bond donors (Lipinski definition) is 2. The summed E-state index contributed by atoms with van der Waals surface area (Å²) in [5, 5.41) is 13.0. The van der Waals surface area contributed by atoms with Gasteiger partial charge in [0.25, 0.3) is 0 Å². The molecule has 6 heteroatoms. The molecule has 0 aromatic heterocycles. The van der Waals surface area contributed by atoms with Crippen LogP contribution in [0.2, 0.25) is 0 Å². The molecule has 0 amide bonds. The van der Waals surface area contributed by atoms with Gasteiger partial charge in [-0.1, -0.05) is 12.8 Å². The molecule has 2 nitrogen and oxygen atoms in total. The van der Waals surface area contributed by atoms with E-state index in [1.54, 1.807) is 0 Å². The molecule has 0 bridgehead atoms. The summed E-state index contributed by atoms with van der Waals surface area (Å²) in [5.41, 5.74) is -1.55. The quantitative estimate of drug-likeness (QED) is 0.835. The van der Waals surface area contributed by atoms with Crippen molar-refractivity contribution in [1.29, 1.82) is 0 Å². The van der Waals surface area contributed by atoms with Gasteiger partial charge in [0.2, 0.25) is 0 Å². The summed E-state index contributed by atoms with van der Waals surface area (Å²) < 4.78 is 50.8. The lowest BCUT2D eigenvalue weighted by Gasteiger charge is -2.22. The average Bonchev–Trinajstić information content (AvgIpc) is 2.74. The summed E-state index contributed by atoms with van der Waals surface area (Å²) in [7, 11) is 0. The molecule has 2 N–H and O–H groups in total. The Bertz CT molecular complexity index is 467. The van der Waals surface area contributed by atoms with Crippen molar-refractivity contribution in [3.63, 3.8) is 0 Å². The highest BCUT2D eigenvalue weighted by Gasteiger charge is 2.32. The van der Waals surface area contributed by atoms with Crippen LogP contribution in [0.4, 0.5) is 17.6 Å². The van der Waals surface area contributed by atoms with E-state index in [-0.39, 0.29) is 12.1 Å². The van der Waals surface area contributed by atoms with E-state index in [4.69, 9.17) is 0 Å². The van der Waals surface area contributed by atoms with Crippen molar-refractivity contribution in [2.45, 2.75) is 44.0 Å². The molecule has 1 aliphatic rings. The fourth-order valence-corrected chi connectivity index (χ4v) is 2.57. The van der Waals surface area contributed by atoms with Gasteiger partial charge >= 0.3 is 6.18 Å². The minimum absolute atomic E-state index is 0.100. The molecule has 0 unspecified atom stereocenters. The van der Waals surface area contributed by atoms with Crippen molar-refractivity contribution in [2.75, 3.05) is 6.54 Å². The standard InChI is InChI=1S/C14H17F4NO/c15-12-6-10(5-11(7-12)14(16,17)18)8-19-9-13(20)3-1-2-4-13/h5-7,19-20H,1-4,8-9H2. The predicted molar refractivity (Wildman–Crippen MR) is 66.5 cm³/mol. The fraction of sp³-hybridized carbons (Fsp3) is 0.571. The molecule has 0 radical (unpaired) electrons. The molecular formula is C14H17F4NO. The number of alkyl halides is 3. The zero-order valence-corrected chi connectivity index (χ0v) is 10.9. The van der Waals surface area contributed by atoms with Crippen LogP contribution in [0.5, 0.6) is 0 Å². The van der Waals surface area contributed by atoms with Gasteiger partial charge in [0.05, 0.1) is 11.2 Å². The van der Waals surface area contributed by atoms with E-state index in [0.717, 1.165) is 25.0 Å². The van der Waals surface area contributed by atoms with Crippen LogP contribution in [0.1, 0.15) is 36.8 Å². The summed E-state index contributed by atoms with van der Waals surface area (Å²) in [6.45, 7) is 0.411. The van der Waals surface area contributed by atoms with Gasteiger partial charge in [-0.15, -0.1) is 0 Å². The molecule has 1 aromatic carbocycles. The van der Waals surface area contributed by atoms with Crippen molar-refractivity contribution >= 4 is 0 Å². The second-order valence-electron chi connectivity index (χ2n) is 5.38. The van der Waals surface area contributed by atoms with Crippen LogP contribution in [-0.2, 0) is 12.7 Å². The Labute approximate surface area is 114 Å². The second kappa shape index (κ2) is 5.69. The normalized spacial score (nSPS) is 18.4. The molecule has 1 fully saturated rings. The molecule has 0 saturated heterocycles. The lowest BCUT2D eigenvalue weighted by molar-refractivity contribution is -0.137. The Morgan fingerprint density at radius 1 is 1.15 bits per heavy atom. The van der Waals surface area contributed by atoms with E-state index in [9.17, 15) is 22.7 Å². The number of halogens is 4. The maximum absolute atomic E-state index is 13.2. The van der Waals surface area contributed by atoms with Gasteiger partial charge in [0, 0.05) is 13.1 Å². The Balaban J connectivity index is 1.97. The maximum atomic E-state index is 13.2. The molecule has 112 valence electrons. The van der Waals surface area contributed by atoms with Gasteiger partial charge in [0.1, 0.15) is 5.82 Å². The SMILES string of the molecule is OC1(CNCc2cc(F)cc(C(F)(F)F)c2)CCCC1. The maximum Gasteiger partial charge on any atom is 0.416 e. The summed E-state index contributed by atoms with van der Waals surface area (Å²) in [6, 6.07) is 2.48. The van der Waals surface area contributed by atoms with Gasteiger partial charge in [-0.05, 0) is 36.6 Å².